The number of halogens is 5. The number of imidazole rings is 1. The van der Waals surface area contributed by atoms with Crippen molar-refractivity contribution in [2.75, 3.05) is 18.6 Å². The number of benzene rings is 1. The zero-order chi connectivity index (χ0) is 28.8. The van der Waals surface area contributed by atoms with Crippen LogP contribution in [0, 0.1) is 5.82 Å². The zero-order valence-electron chi connectivity index (χ0n) is 21.9. The minimum Gasteiger partial charge on any atom is -0.382 e. The maximum absolute atomic E-state index is 15.2. The average Bonchev–Trinajstić information content (AvgIpc) is 3.62. The Morgan fingerprint density at radius 2 is 2.00 bits per heavy atom. The van der Waals surface area contributed by atoms with Crippen molar-refractivity contribution in [2.24, 2.45) is 0 Å². The lowest BCUT2D eigenvalue weighted by atomic mass is 10.1. The molecule has 9 nitrogen and oxygen atoms in total. The van der Waals surface area contributed by atoms with Crippen molar-refractivity contribution in [1.29, 1.82) is 0 Å². The summed E-state index contributed by atoms with van der Waals surface area (Å²) in [5, 5.41) is 9.40. The molecule has 1 atom stereocenters. The first kappa shape index (κ1) is 27.8. The van der Waals surface area contributed by atoms with Crippen molar-refractivity contribution < 1.29 is 27.1 Å². The Hall–Kier alpha value is -3.71. The van der Waals surface area contributed by atoms with Crippen molar-refractivity contribution in [2.45, 2.75) is 52.1 Å². The second-order valence-corrected chi connectivity index (χ2v) is 9.89. The molecule has 0 aliphatic carbocycles. The van der Waals surface area contributed by atoms with Crippen LogP contribution in [0.5, 0.6) is 0 Å². The van der Waals surface area contributed by atoms with Crippen LogP contribution < -0.4 is 4.90 Å². The number of anilines is 1. The Morgan fingerprint density at radius 3 is 2.67 bits per heavy atom. The number of methoxy groups -OCH3 is 1. The molecule has 0 fully saturated rings. The lowest BCUT2D eigenvalue weighted by molar-refractivity contribution is -0.140. The Bertz CT molecular complexity index is 1560. The molecule has 0 spiro atoms. The van der Waals surface area contributed by atoms with Crippen molar-refractivity contribution in [1.82, 2.24) is 29.1 Å². The predicted molar refractivity (Wildman–Crippen MR) is 139 cm³/mol. The molecular formula is C26H26ClF4N7O2. The Kier molecular flexibility index (Phi) is 7.44. The van der Waals surface area contributed by atoms with E-state index in [1.165, 1.54) is 27.8 Å². The molecule has 212 valence electrons. The van der Waals surface area contributed by atoms with Crippen LogP contribution in [0.4, 0.5) is 23.4 Å². The SMILES string of the molecule is CCn1cc(C(F)(F)F)nc1-c1ccc(CN2C(=O)CCn3nc(-c4c(Cl)cnn4C(C)COC)cc32)cc1F. The summed E-state index contributed by atoms with van der Waals surface area (Å²) in [4.78, 5) is 18.1. The van der Waals surface area contributed by atoms with Gasteiger partial charge in [0.25, 0.3) is 0 Å². The number of aromatic nitrogens is 6. The van der Waals surface area contributed by atoms with Gasteiger partial charge in [-0.25, -0.2) is 14.1 Å². The number of hydrogen-bond donors (Lipinski definition) is 0. The number of ether oxygens (including phenoxy) is 1. The normalized spacial score (nSPS) is 14.6. The molecule has 1 aliphatic heterocycles. The maximum Gasteiger partial charge on any atom is 0.434 e. The second-order valence-electron chi connectivity index (χ2n) is 9.48. The first-order valence-corrected chi connectivity index (χ1v) is 12.9. The van der Waals surface area contributed by atoms with E-state index in [1.54, 1.807) is 35.5 Å². The summed E-state index contributed by atoms with van der Waals surface area (Å²) >= 11 is 6.45. The minimum absolute atomic E-state index is 0.0320. The van der Waals surface area contributed by atoms with Gasteiger partial charge in [-0.05, 0) is 31.5 Å². The first-order chi connectivity index (χ1) is 19.0. The molecule has 0 saturated carbocycles. The fourth-order valence-electron chi connectivity index (χ4n) is 4.79. The number of amides is 1. The summed E-state index contributed by atoms with van der Waals surface area (Å²) in [6.45, 7) is 4.55. The van der Waals surface area contributed by atoms with Gasteiger partial charge in [0.15, 0.2) is 5.69 Å². The fraction of sp³-hybridized carbons (Fsp3) is 0.385. The van der Waals surface area contributed by atoms with Crippen LogP contribution in [0.15, 0.2) is 36.7 Å². The highest BCUT2D eigenvalue weighted by Crippen LogP contribution is 2.35. The van der Waals surface area contributed by atoms with E-state index in [4.69, 9.17) is 16.3 Å². The molecule has 3 aromatic heterocycles. The molecule has 4 aromatic rings. The minimum atomic E-state index is -4.65. The lowest BCUT2D eigenvalue weighted by Gasteiger charge is -2.27. The highest BCUT2D eigenvalue weighted by Gasteiger charge is 2.35. The second kappa shape index (κ2) is 10.7. The first-order valence-electron chi connectivity index (χ1n) is 12.6. The molecule has 1 unspecified atom stereocenters. The van der Waals surface area contributed by atoms with E-state index in [9.17, 15) is 18.0 Å². The van der Waals surface area contributed by atoms with Crippen LogP contribution in [0.1, 0.15) is 37.6 Å². The number of fused-ring (bicyclic) bond motifs is 1. The van der Waals surface area contributed by atoms with Gasteiger partial charge in [-0.1, -0.05) is 17.7 Å². The Balaban J connectivity index is 1.45. The van der Waals surface area contributed by atoms with E-state index in [1.807, 2.05) is 6.92 Å². The monoisotopic (exact) mass is 579 g/mol. The van der Waals surface area contributed by atoms with Gasteiger partial charge in [-0.15, -0.1) is 0 Å². The molecule has 14 heteroatoms. The Morgan fingerprint density at radius 1 is 1.23 bits per heavy atom. The average molecular weight is 580 g/mol. The molecule has 5 rings (SSSR count). The molecule has 4 heterocycles. The van der Waals surface area contributed by atoms with Crippen LogP contribution in [-0.2, 0) is 35.3 Å². The predicted octanol–water partition coefficient (Wildman–Crippen LogP) is 5.59. The molecule has 1 aromatic carbocycles. The fourth-order valence-corrected chi connectivity index (χ4v) is 5.02. The lowest BCUT2D eigenvalue weighted by Crippen LogP contribution is -2.36. The van der Waals surface area contributed by atoms with Gasteiger partial charge in [0, 0.05) is 32.3 Å². The van der Waals surface area contributed by atoms with E-state index in [-0.39, 0.29) is 42.8 Å². The smallest absolute Gasteiger partial charge is 0.382 e. The van der Waals surface area contributed by atoms with Gasteiger partial charge in [0.1, 0.15) is 28.8 Å². The topological polar surface area (TPSA) is 83.0 Å². The van der Waals surface area contributed by atoms with E-state index < -0.39 is 17.7 Å². The van der Waals surface area contributed by atoms with Crippen LogP contribution in [0.3, 0.4) is 0 Å². The van der Waals surface area contributed by atoms with E-state index in [2.05, 4.69) is 15.2 Å². The molecule has 1 amide bonds. The number of aryl methyl sites for hydroxylation is 2. The summed E-state index contributed by atoms with van der Waals surface area (Å²) in [7, 11) is 1.59. The number of alkyl halides is 3. The van der Waals surface area contributed by atoms with Crippen molar-refractivity contribution in [3.05, 3.63) is 58.8 Å². The number of carbonyl (C=O) groups excluding carboxylic acids is 1. The molecular weight excluding hydrogens is 554 g/mol. The number of carbonyl (C=O) groups is 1. The standard InChI is InChI=1S/C26H26ClF4N7O2/c1-4-35-13-21(26(29,30)31)33-25(35)17-6-5-16(9-19(17)28)12-36-22-10-20(34-37(22)8-7-23(36)39)24-18(27)11-32-38(24)15(2)14-40-3/h5-6,9-11,13,15H,4,7-8,12,14H2,1-3H3. The third-order valence-electron chi connectivity index (χ3n) is 6.72. The highest BCUT2D eigenvalue weighted by molar-refractivity contribution is 6.33. The van der Waals surface area contributed by atoms with Gasteiger partial charge in [-0.2, -0.15) is 23.4 Å². The van der Waals surface area contributed by atoms with Crippen LogP contribution in [0.2, 0.25) is 5.02 Å². The largest absolute Gasteiger partial charge is 0.434 e. The number of hydrogen-bond acceptors (Lipinski definition) is 5. The molecule has 40 heavy (non-hydrogen) atoms. The number of rotatable bonds is 8. The maximum atomic E-state index is 15.2. The quantitative estimate of drug-likeness (QED) is 0.254. The zero-order valence-corrected chi connectivity index (χ0v) is 22.7. The third kappa shape index (κ3) is 5.10. The van der Waals surface area contributed by atoms with Crippen molar-refractivity contribution in [3.63, 3.8) is 0 Å². The van der Waals surface area contributed by atoms with Crippen LogP contribution in [0.25, 0.3) is 22.8 Å². The van der Waals surface area contributed by atoms with E-state index in [0.717, 1.165) is 6.20 Å². The van der Waals surface area contributed by atoms with Crippen molar-refractivity contribution >= 4 is 23.3 Å². The van der Waals surface area contributed by atoms with Crippen molar-refractivity contribution in [3.8, 4) is 22.8 Å². The van der Waals surface area contributed by atoms with Gasteiger partial charge < -0.3 is 9.30 Å². The summed E-state index contributed by atoms with van der Waals surface area (Å²) in [5.41, 5.74) is 0.405. The molecule has 0 saturated heterocycles. The van der Waals surface area contributed by atoms with Gasteiger partial charge in [0.2, 0.25) is 5.91 Å². The molecule has 1 aliphatic rings. The molecule has 0 bridgehead atoms. The van der Waals surface area contributed by atoms with Gasteiger partial charge in [-0.3, -0.25) is 14.4 Å². The third-order valence-corrected chi connectivity index (χ3v) is 6.99. The van der Waals surface area contributed by atoms with Crippen LogP contribution >= 0.6 is 11.6 Å². The summed E-state index contributed by atoms with van der Waals surface area (Å²) in [5.74, 6) is -0.526. The van der Waals surface area contributed by atoms with Gasteiger partial charge >= 0.3 is 6.18 Å². The van der Waals surface area contributed by atoms with E-state index in [0.29, 0.717) is 40.9 Å². The highest BCUT2D eigenvalue weighted by atomic mass is 35.5. The summed E-state index contributed by atoms with van der Waals surface area (Å²) in [6.07, 6.45) is -2.07. The molecule has 0 radical (unpaired) electrons. The molecule has 0 N–H and O–H groups in total. The summed E-state index contributed by atoms with van der Waals surface area (Å²) in [6, 6.07) is 5.77. The number of nitrogens with zero attached hydrogens (tertiary/aromatic N) is 7. The van der Waals surface area contributed by atoms with Crippen LogP contribution in [-0.4, -0.2) is 48.7 Å². The Labute approximate surface area is 231 Å². The van der Waals surface area contributed by atoms with E-state index >= 15 is 4.39 Å². The summed E-state index contributed by atoms with van der Waals surface area (Å²) < 4.78 is 64.7. The van der Waals surface area contributed by atoms with Gasteiger partial charge in [0.05, 0.1) is 42.5 Å².